The van der Waals surface area contributed by atoms with Crippen molar-refractivity contribution in [3.05, 3.63) is 36.5 Å². The van der Waals surface area contributed by atoms with Crippen molar-refractivity contribution < 1.29 is 0 Å². The van der Waals surface area contributed by atoms with Gasteiger partial charge in [0.05, 0.1) is 0 Å². The minimum absolute atomic E-state index is 0.599. The molecule has 0 atom stereocenters. The van der Waals surface area contributed by atoms with Gasteiger partial charge in [-0.2, -0.15) is 0 Å². The Morgan fingerprint density at radius 2 is 1.94 bits per heavy atom. The highest BCUT2D eigenvalue weighted by Gasteiger charge is 1.99. The van der Waals surface area contributed by atoms with Gasteiger partial charge in [-0.15, -0.1) is 0 Å². The van der Waals surface area contributed by atoms with E-state index in [1.807, 2.05) is 0 Å². The van der Waals surface area contributed by atoms with E-state index in [0.29, 0.717) is 6.04 Å². The highest BCUT2D eigenvalue weighted by Crippen LogP contribution is 2.15. The molecular weight excluding hydrogens is 208 g/mol. The van der Waals surface area contributed by atoms with Gasteiger partial charge in [-0.3, -0.25) is 0 Å². The monoisotopic (exact) mass is 230 g/mol. The Bertz CT molecular complexity index is 457. The van der Waals surface area contributed by atoms with Crippen LogP contribution in [-0.4, -0.2) is 17.2 Å². The van der Waals surface area contributed by atoms with Crippen molar-refractivity contribution in [1.82, 2.24) is 9.88 Å². The van der Waals surface area contributed by atoms with E-state index in [4.69, 9.17) is 0 Å². The number of rotatable bonds is 6. The first-order valence-electron chi connectivity index (χ1n) is 6.54. The number of fused-ring (bicyclic) bond motifs is 1. The summed E-state index contributed by atoms with van der Waals surface area (Å²) in [4.78, 5) is 0. The quantitative estimate of drug-likeness (QED) is 0.752. The zero-order valence-corrected chi connectivity index (χ0v) is 10.8. The molecule has 2 heteroatoms. The van der Waals surface area contributed by atoms with Crippen LogP contribution < -0.4 is 5.32 Å². The van der Waals surface area contributed by atoms with Crippen LogP contribution in [0.3, 0.4) is 0 Å². The van der Waals surface area contributed by atoms with Crippen molar-refractivity contribution in [3.63, 3.8) is 0 Å². The number of unbranched alkanes of at least 4 members (excludes halogenated alkanes) is 1. The number of hydrogen-bond donors (Lipinski definition) is 1. The summed E-state index contributed by atoms with van der Waals surface area (Å²) in [7, 11) is 0. The molecule has 1 aromatic heterocycles. The van der Waals surface area contributed by atoms with E-state index in [1.165, 1.54) is 23.7 Å². The molecule has 2 rings (SSSR count). The predicted molar refractivity (Wildman–Crippen MR) is 74.3 cm³/mol. The molecule has 17 heavy (non-hydrogen) atoms. The zero-order valence-electron chi connectivity index (χ0n) is 10.8. The second-order valence-corrected chi connectivity index (χ2v) is 4.88. The molecule has 0 aliphatic rings. The minimum atomic E-state index is 0.599. The number of hydrogen-bond acceptors (Lipinski definition) is 1. The summed E-state index contributed by atoms with van der Waals surface area (Å²) < 4.78 is 2.35. The Labute approximate surface area is 104 Å². The maximum atomic E-state index is 3.45. The zero-order chi connectivity index (χ0) is 12.1. The van der Waals surface area contributed by atoms with E-state index in [9.17, 15) is 0 Å². The van der Waals surface area contributed by atoms with E-state index in [1.54, 1.807) is 0 Å². The molecule has 0 aliphatic heterocycles. The largest absolute Gasteiger partial charge is 0.347 e. The summed E-state index contributed by atoms with van der Waals surface area (Å²) in [6.45, 7) is 6.63. The predicted octanol–water partition coefficient (Wildman–Crippen LogP) is 3.42. The third-order valence-electron chi connectivity index (χ3n) is 3.06. The molecule has 2 nitrogen and oxygen atoms in total. The lowest BCUT2D eigenvalue weighted by Gasteiger charge is -2.08. The first-order chi connectivity index (χ1) is 8.27. The third-order valence-corrected chi connectivity index (χ3v) is 3.06. The third kappa shape index (κ3) is 3.34. The summed E-state index contributed by atoms with van der Waals surface area (Å²) in [5.74, 6) is 0. The maximum absolute atomic E-state index is 3.45. The molecule has 0 aliphatic carbocycles. The Kier molecular flexibility index (Phi) is 4.21. The second kappa shape index (κ2) is 5.87. The van der Waals surface area contributed by atoms with Crippen molar-refractivity contribution in [3.8, 4) is 0 Å². The first kappa shape index (κ1) is 12.2. The van der Waals surface area contributed by atoms with Crippen molar-refractivity contribution in [2.45, 2.75) is 39.3 Å². The second-order valence-electron chi connectivity index (χ2n) is 4.88. The molecule has 0 radical (unpaired) electrons. The van der Waals surface area contributed by atoms with Crippen LogP contribution in [0.15, 0.2) is 36.5 Å². The molecule has 0 amide bonds. The molecule has 1 N–H and O–H groups in total. The van der Waals surface area contributed by atoms with Crippen LogP contribution in [-0.2, 0) is 6.54 Å². The van der Waals surface area contributed by atoms with Gasteiger partial charge in [0.2, 0.25) is 0 Å². The average molecular weight is 230 g/mol. The average Bonchev–Trinajstić information content (AvgIpc) is 2.72. The number of nitrogens with zero attached hydrogens (tertiary/aromatic N) is 1. The van der Waals surface area contributed by atoms with Gasteiger partial charge in [0.1, 0.15) is 0 Å². The molecule has 1 heterocycles. The van der Waals surface area contributed by atoms with E-state index in [2.05, 4.69) is 60.3 Å². The standard InChI is InChI=1S/C15H22N2/c1-13(2)16-10-5-6-11-17-12-9-14-7-3-4-8-15(14)17/h3-4,7-9,12-13,16H,5-6,10-11H2,1-2H3. The van der Waals surface area contributed by atoms with Crippen molar-refractivity contribution in [2.24, 2.45) is 0 Å². The first-order valence-corrected chi connectivity index (χ1v) is 6.54. The number of aromatic nitrogens is 1. The molecule has 0 spiro atoms. The molecule has 1 aromatic carbocycles. The van der Waals surface area contributed by atoms with Crippen LogP contribution in [0.2, 0.25) is 0 Å². The van der Waals surface area contributed by atoms with Gasteiger partial charge in [0.15, 0.2) is 0 Å². The minimum Gasteiger partial charge on any atom is -0.347 e. The fourth-order valence-electron chi connectivity index (χ4n) is 2.13. The summed E-state index contributed by atoms with van der Waals surface area (Å²) in [5, 5.41) is 4.79. The van der Waals surface area contributed by atoms with Crippen LogP contribution in [0.4, 0.5) is 0 Å². The van der Waals surface area contributed by atoms with Crippen LogP contribution >= 0.6 is 0 Å². The number of nitrogens with one attached hydrogen (secondary N) is 1. The van der Waals surface area contributed by atoms with Crippen molar-refractivity contribution >= 4 is 10.9 Å². The van der Waals surface area contributed by atoms with Crippen molar-refractivity contribution in [2.75, 3.05) is 6.54 Å². The Morgan fingerprint density at radius 1 is 1.12 bits per heavy atom. The SMILES string of the molecule is CC(C)NCCCCn1ccc2ccccc21. The topological polar surface area (TPSA) is 17.0 Å². The Morgan fingerprint density at radius 3 is 2.76 bits per heavy atom. The molecule has 0 saturated heterocycles. The summed E-state index contributed by atoms with van der Waals surface area (Å²) in [5.41, 5.74) is 1.35. The fraction of sp³-hybridized carbons (Fsp3) is 0.467. The van der Waals surface area contributed by atoms with Gasteiger partial charge in [-0.05, 0) is 36.9 Å². The summed E-state index contributed by atoms with van der Waals surface area (Å²) in [6, 6.07) is 11.4. The molecule has 92 valence electrons. The van der Waals surface area contributed by atoms with Crippen LogP contribution in [0.1, 0.15) is 26.7 Å². The summed E-state index contributed by atoms with van der Waals surface area (Å²) in [6.07, 6.45) is 4.67. The van der Waals surface area contributed by atoms with Gasteiger partial charge in [0.25, 0.3) is 0 Å². The van der Waals surface area contributed by atoms with Crippen LogP contribution in [0.5, 0.6) is 0 Å². The number of aryl methyl sites for hydroxylation is 1. The van der Waals surface area contributed by atoms with Gasteiger partial charge in [-0.1, -0.05) is 32.0 Å². The molecule has 0 saturated carbocycles. The van der Waals surface area contributed by atoms with Gasteiger partial charge < -0.3 is 9.88 Å². The van der Waals surface area contributed by atoms with Gasteiger partial charge >= 0.3 is 0 Å². The van der Waals surface area contributed by atoms with E-state index >= 15 is 0 Å². The lowest BCUT2D eigenvalue weighted by atomic mass is 10.2. The smallest absolute Gasteiger partial charge is 0.0480 e. The molecule has 0 unspecified atom stereocenters. The molecular formula is C15H22N2. The highest BCUT2D eigenvalue weighted by molar-refractivity contribution is 5.79. The summed E-state index contributed by atoms with van der Waals surface area (Å²) >= 11 is 0. The fourth-order valence-corrected chi connectivity index (χ4v) is 2.13. The lowest BCUT2D eigenvalue weighted by molar-refractivity contribution is 0.535. The van der Waals surface area contributed by atoms with E-state index in [-0.39, 0.29) is 0 Å². The lowest BCUT2D eigenvalue weighted by Crippen LogP contribution is -2.23. The molecule has 0 fully saturated rings. The number of benzene rings is 1. The van der Waals surface area contributed by atoms with Gasteiger partial charge in [-0.25, -0.2) is 0 Å². The molecule has 2 aromatic rings. The van der Waals surface area contributed by atoms with E-state index in [0.717, 1.165) is 13.1 Å². The normalized spacial score (nSPS) is 11.5. The Hall–Kier alpha value is -1.28. The Balaban J connectivity index is 1.83. The van der Waals surface area contributed by atoms with Gasteiger partial charge in [0, 0.05) is 24.3 Å². The van der Waals surface area contributed by atoms with Crippen molar-refractivity contribution in [1.29, 1.82) is 0 Å². The van der Waals surface area contributed by atoms with Crippen LogP contribution in [0, 0.1) is 0 Å². The number of para-hydroxylation sites is 1. The van der Waals surface area contributed by atoms with Crippen LogP contribution in [0.25, 0.3) is 10.9 Å². The highest BCUT2D eigenvalue weighted by atomic mass is 14.9. The molecule has 0 bridgehead atoms. The van der Waals surface area contributed by atoms with E-state index < -0.39 is 0 Å². The maximum Gasteiger partial charge on any atom is 0.0480 e.